The highest BCUT2D eigenvalue weighted by Crippen LogP contribution is 2.34. The molecule has 1 aromatic carbocycles. The summed E-state index contributed by atoms with van der Waals surface area (Å²) in [7, 11) is 0. The van der Waals surface area contributed by atoms with E-state index in [2.05, 4.69) is 5.32 Å². The average molecular weight is 260 g/mol. The molecule has 1 aliphatic heterocycles. The number of carbonyl (C=O) groups excluding carboxylic acids is 1. The van der Waals surface area contributed by atoms with Crippen molar-refractivity contribution >= 4 is 11.6 Å². The summed E-state index contributed by atoms with van der Waals surface area (Å²) < 4.78 is 15.7. The van der Waals surface area contributed by atoms with Crippen LogP contribution in [0.15, 0.2) is 34.7 Å². The van der Waals surface area contributed by atoms with E-state index in [1.165, 1.54) is 0 Å². The van der Waals surface area contributed by atoms with Crippen LogP contribution in [-0.2, 0) is 6.54 Å². The molecule has 0 radical (unpaired) electrons. The third kappa shape index (κ3) is 2.25. The summed E-state index contributed by atoms with van der Waals surface area (Å²) in [5.41, 5.74) is 6.03. The van der Waals surface area contributed by atoms with Gasteiger partial charge in [-0.2, -0.15) is 0 Å². The molecule has 1 aliphatic rings. The number of amides is 1. The number of carbonyl (C=O) groups is 1. The Morgan fingerprint density at radius 3 is 2.84 bits per heavy atom. The van der Waals surface area contributed by atoms with Gasteiger partial charge in [-0.25, -0.2) is 0 Å². The van der Waals surface area contributed by atoms with E-state index in [1.807, 2.05) is 0 Å². The molecule has 3 rings (SSSR count). The smallest absolute Gasteiger partial charge is 0.291 e. The first-order valence-electron chi connectivity index (χ1n) is 5.76. The van der Waals surface area contributed by atoms with E-state index >= 15 is 0 Å². The van der Waals surface area contributed by atoms with Crippen molar-refractivity contribution in [3.05, 3.63) is 41.9 Å². The molecule has 0 bridgehead atoms. The molecule has 2 aromatic rings. The standard InChI is InChI=1S/C13H12N2O4/c14-6-9-2-4-11(19-9)13(16)15-8-1-3-10-12(5-8)18-7-17-10/h1-5H,6-7,14H2,(H,15,16). The van der Waals surface area contributed by atoms with Crippen molar-refractivity contribution in [2.45, 2.75) is 6.54 Å². The van der Waals surface area contributed by atoms with E-state index in [0.717, 1.165) is 0 Å². The number of rotatable bonds is 3. The summed E-state index contributed by atoms with van der Waals surface area (Å²) in [5.74, 6) is 1.73. The molecule has 3 N–H and O–H groups in total. The fourth-order valence-corrected chi connectivity index (χ4v) is 1.78. The molecule has 0 saturated heterocycles. The second-order valence-electron chi connectivity index (χ2n) is 3.99. The lowest BCUT2D eigenvalue weighted by Crippen LogP contribution is -2.10. The van der Waals surface area contributed by atoms with Crippen LogP contribution in [0.25, 0.3) is 0 Å². The lowest BCUT2D eigenvalue weighted by molar-refractivity contribution is 0.0995. The molecule has 0 spiro atoms. The SMILES string of the molecule is NCc1ccc(C(=O)Nc2ccc3c(c2)OCO3)o1. The highest BCUT2D eigenvalue weighted by Gasteiger charge is 2.15. The topological polar surface area (TPSA) is 86.7 Å². The van der Waals surface area contributed by atoms with Gasteiger partial charge in [0.1, 0.15) is 5.76 Å². The summed E-state index contributed by atoms with van der Waals surface area (Å²) >= 11 is 0. The number of nitrogens with one attached hydrogen (secondary N) is 1. The number of anilines is 1. The molecule has 6 nitrogen and oxygen atoms in total. The molecule has 0 aliphatic carbocycles. The van der Waals surface area contributed by atoms with Crippen LogP contribution >= 0.6 is 0 Å². The Bertz CT molecular complexity index is 621. The molecule has 98 valence electrons. The highest BCUT2D eigenvalue weighted by atomic mass is 16.7. The normalized spacial score (nSPS) is 12.5. The second-order valence-corrected chi connectivity index (χ2v) is 3.99. The van der Waals surface area contributed by atoms with E-state index in [9.17, 15) is 4.79 Å². The minimum atomic E-state index is -0.335. The Morgan fingerprint density at radius 2 is 2.05 bits per heavy atom. The number of fused-ring (bicyclic) bond motifs is 1. The van der Waals surface area contributed by atoms with Gasteiger partial charge in [-0.3, -0.25) is 4.79 Å². The van der Waals surface area contributed by atoms with Gasteiger partial charge in [0.15, 0.2) is 17.3 Å². The van der Waals surface area contributed by atoms with E-state index in [1.54, 1.807) is 30.3 Å². The fourth-order valence-electron chi connectivity index (χ4n) is 1.78. The third-order valence-electron chi connectivity index (χ3n) is 2.72. The number of hydrogen-bond acceptors (Lipinski definition) is 5. The molecule has 6 heteroatoms. The van der Waals surface area contributed by atoms with Crippen LogP contribution < -0.4 is 20.5 Å². The van der Waals surface area contributed by atoms with Gasteiger partial charge >= 0.3 is 0 Å². The monoisotopic (exact) mass is 260 g/mol. The van der Waals surface area contributed by atoms with Crippen LogP contribution in [-0.4, -0.2) is 12.7 Å². The summed E-state index contributed by atoms with van der Waals surface area (Å²) in [5, 5.41) is 2.72. The Morgan fingerprint density at radius 1 is 1.21 bits per heavy atom. The first-order valence-corrected chi connectivity index (χ1v) is 5.76. The van der Waals surface area contributed by atoms with Gasteiger partial charge in [-0.05, 0) is 24.3 Å². The lowest BCUT2D eigenvalue weighted by Gasteiger charge is -2.04. The maximum atomic E-state index is 11.9. The van der Waals surface area contributed by atoms with E-state index in [4.69, 9.17) is 19.6 Å². The van der Waals surface area contributed by atoms with Gasteiger partial charge in [0.2, 0.25) is 6.79 Å². The quantitative estimate of drug-likeness (QED) is 0.877. The van der Waals surface area contributed by atoms with Crippen molar-refractivity contribution in [3.63, 3.8) is 0 Å². The molecule has 0 unspecified atom stereocenters. The van der Waals surface area contributed by atoms with Gasteiger partial charge in [0.25, 0.3) is 5.91 Å². The van der Waals surface area contributed by atoms with Crippen molar-refractivity contribution in [2.24, 2.45) is 5.73 Å². The Hall–Kier alpha value is -2.47. The molecule has 0 fully saturated rings. The Balaban J connectivity index is 1.75. The molecule has 19 heavy (non-hydrogen) atoms. The van der Waals surface area contributed by atoms with Crippen LogP contribution in [0, 0.1) is 0 Å². The van der Waals surface area contributed by atoms with Crippen LogP contribution in [0.1, 0.15) is 16.3 Å². The maximum absolute atomic E-state index is 11.9. The second kappa shape index (κ2) is 4.66. The lowest BCUT2D eigenvalue weighted by atomic mass is 10.2. The van der Waals surface area contributed by atoms with Crippen LogP contribution in [0.4, 0.5) is 5.69 Å². The zero-order valence-electron chi connectivity index (χ0n) is 10.0. The van der Waals surface area contributed by atoms with E-state index < -0.39 is 0 Å². The Kier molecular flexibility index (Phi) is 2.85. The first-order chi connectivity index (χ1) is 9.26. The fraction of sp³-hybridized carbons (Fsp3) is 0.154. The van der Waals surface area contributed by atoms with E-state index in [0.29, 0.717) is 22.9 Å². The van der Waals surface area contributed by atoms with Crippen molar-refractivity contribution in [1.82, 2.24) is 0 Å². The first kappa shape index (κ1) is 11.6. The van der Waals surface area contributed by atoms with Crippen molar-refractivity contribution in [3.8, 4) is 11.5 Å². The molecule has 1 amide bonds. The summed E-state index contributed by atoms with van der Waals surface area (Å²) in [6.07, 6.45) is 0. The maximum Gasteiger partial charge on any atom is 0.291 e. The molecular weight excluding hydrogens is 248 g/mol. The number of ether oxygens (including phenoxy) is 2. The van der Waals surface area contributed by atoms with Gasteiger partial charge in [-0.15, -0.1) is 0 Å². The van der Waals surface area contributed by atoms with E-state index in [-0.39, 0.29) is 25.0 Å². The van der Waals surface area contributed by atoms with Gasteiger partial charge in [0, 0.05) is 11.8 Å². The largest absolute Gasteiger partial charge is 0.455 e. The molecule has 0 saturated carbocycles. The van der Waals surface area contributed by atoms with Gasteiger partial charge in [0.05, 0.1) is 6.54 Å². The van der Waals surface area contributed by atoms with Crippen molar-refractivity contribution < 1.29 is 18.7 Å². The molecular formula is C13H12N2O4. The summed E-state index contributed by atoms with van der Waals surface area (Å²) in [4.78, 5) is 11.9. The summed E-state index contributed by atoms with van der Waals surface area (Å²) in [6.45, 7) is 0.460. The van der Waals surface area contributed by atoms with Crippen molar-refractivity contribution in [1.29, 1.82) is 0 Å². The predicted octanol–water partition coefficient (Wildman–Crippen LogP) is 1.72. The number of hydrogen-bond donors (Lipinski definition) is 2. The van der Waals surface area contributed by atoms with Crippen LogP contribution in [0.3, 0.4) is 0 Å². The highest BCUT2D eigenvalue weighted by molar-refractivity contribution is 6.02. The minimum absolute atomic E-state index is 0.199. The van der Waals surface area contributed by atoms with Crippen molar-refractivity contribution in [2.75, 3.05) is 12.1 Å². The predicted molar refractivity (Wildman–Crippen MR) is 67.1 cm³/mol. The zero-order chi connectivity index (χ0) is 13.2. The van der Waals surface area contributed by atoms with Gasteiger partial charge in [-0.1, -0.05) is 0 Å². The number of nitrogens with two attached hydrogens (primary N) is 1. The molecule has 0 atom stereocenters. The number of furan rings is 1. The van der Waals surface area contributed by atoms with Crippen LogP contribution in [0.2, 0.25) is 0 Å². The minimum Gasteiger partial charge on any atom is -0.455 e. The molecule has 2 heterocycles. The molecule has 1 aromatic heterocycles. The average Bonchev–Trinajstić information content (AvgIpc) is 3.06. The third-order valence-corrected chi connectivity index (χ3v) is 2.72. The summed E-state index contributed by atoms with van der Waals surface area (Å²) in [6, 6.07) is 8.44. The van der Waals surface area contributed by atoms with Crippen LogP contribution in [0.5, 0.6) is 11.5 Å². The zero-order valence-corrected chi connectivity index (χ0v) is 10.0. The number of benzene rings is 1. The Labute approximate surface area is 109 Å². The van der Waals surface area contributed by atoms with Gasteiger partial charge < -0.3 is 24.9 Å².